The number of halogens is 1. The predicted octanol–water partition coefficient (Wildman–Crippen LogP) is 2.52. The Morgan fingerprint density at radius 2 is 2.04 bits per heavy atom. The number of benzene rings is 1. The smallest absolute Gasteiger partial charge is 0.244 e. The molecule has 0 saturated carbocycles. The number of nitrogens with zero attached hydrogens (tertiary/aromatic N) is 2. The van der Waals surface area contributed by atoms with Gasteiger partial charge in [-0.15, -0.1) is 0 Å². The van der Waals surface area contributed by atoms with Gasteiger partial charge in [-0.05, 0) is 50.4 Å². The molecule has 0 amide bonds. The first-order chi connectivity index (χ1) is 11.5. The van der Waals surface area contributed by atoms with Gasteiger partial charge in [0.15, 0.2) is 0 Å². The maximum atomic E-state index is 12.9. The average Bonchev–Trinajstić information content (AvgIpc) is 2.90. The van der Waals surface area contributed by atoms with Crippen molar-refractivity contribution in [3.05, 3.63) is 28.8 Å². The molecular formula is C17H25ClN2O3S. The average molecular weight is 373 g/mol. The summed E-state index contributed by atoms with van der Waals surface area (Å²) in [5, 5.41) is 0.301. The molecule has 0 radical (unpaired) electrons. The van der Waals surface area contributed by atoms with Gasteiger partial charge in [0.1, 0.15) is 4.90 Å². The highest BCUT2D eigenvalue weighted by Gasteiger charge is 2.29. The molecule has 5 nitrogen and oxygen atoms in total. The second-order valence-corrected chi connectivity index (χ2v) is 8.94. The Kier molecular flexibility index (Phi) is 5.82. The molecule has 0 aromatic heterocycles. The van der Waals surface area contributed by atoms with Gasteiger partial charge in [0, 0.05) is 32.8 Å². The lowest BCUT2D eigenvalue weighted by Crippen LogP contribution is -2.37. The van der Waals surface area contributed by atoms with E-state index in [0.717, 1.165) is 51.1 Å². The number of hydrogen-bond acceptors (Lipinski definition) is 4. The maximum absolute atomic E-state index is 12.9. The van der Waals surface area contributed by atoms with Crippen LogP contribution < -0.4 is 0 Å². The lowest BCUT2D eigenvalue weighted by molar-refractivity contribution is 0.0749. The summed E-state index contributed by atoms with van der Waals surface area (Å²) in [6, 6.07) is 5.11. The third-order valence-corrected chi connectivity index (χ3v) is 7.12. The summed E-state index contributed by atoms with van der Waals surface area (Å²) in [5.74, 6) is 0. The topological polar surface area (TPSA) is 49.9 Å². The van der Waals surface area contributed by atoms with Crippen molar-refractivity contribution in [1.82, 2.24) is 9.21 Å². The minimum absolute atomic E-state index is 0.211. The van der Waals surface area contributed by atoms with Crippen LogP contribution >= 0.6 is 11.6 Å². The first kappa shape index (κ1) is 18.1. The molecule has 7 heteroatoms. The molecule has 1 aromatic rings. The second kappa shape index (κ2) is 7.70. The van der Waals surface area contributed by atoms with Crippen LogP contribution in [-0.2, 0) is 14.8 Å². The van der Waals surface area contributed by atoms with Gasteiger partial charge in [-0.1, -0.05) is 17.7 Å². The second-order valence-electron chi connectivity index (χ2n) is 6.63. The van der Waals surface area contributed by atoms with Crippen LogP contribution in [0.25, 0.3) is 0 Å². The summed E-state index contributed by atoms with van der Waals surface area (Å²) in [7, 11) is -3.54. The molecule has 0 unspecified atom stereocenters. The molecule has 0 bridgehead atoms. The predicted molar refractivity (Wildman–Crippen MR) is 95.0 cm³/mol. The summed E-state index contributed by atoms with van der Waals surface area (Å²) in [6.07, 6.45) is 3.37. The number of ether oxygens (including phenoxy) is 1. The van der Waals surface area contributed by atoms with Crippen LogP contribution in [0.3, 0.4) is 0 Å². The summed E-state index contributed by atoms with van der Waals surface area (Å²) >= 11 is 6.18. The zero-order chi connectivity index (χ0) is 17.2. The fraction of sp³-hybridized carbons (Fsp3) is 0.647. The normalized spacial score (nSPS) is 24.2. The van der Waals surface area contributed by atoms with Crippen LogP contribution in [0.1, 0.15) is 24.8 Å². The van der Waals surface area contributed by atoms with E-state index in [0.29, 0.717) is 24.2 Å². The third-order valence-electron chi connectivity index (χ3n) is 4.74. The molecule has 0 aliphatic carbocycles. The van der Waals surface area contributed by atoms with Crippen molar-refractivity contribution in [2.45, 2.75) is 37.2 Å². The quantitative estimate of drug-likeness (QED) is 0.814. The number of hydrogen-bond donors (Lipinski definition) is 0. The van der Waals surface area contributed by atoms with E-state index < -0.39 is 10.0 Å². The van der Waals surface area contributed by atoms with Crippen LogP contribution in [0, 0.1) is 6.92 Å². The van der Waals surface area contributed by atoms with Gasteiger partial charge in [-0.25, -0.2) is 8.42 Å². The molecular weight excluding hydrogens is 348 g/mol. The van der Waals surface area contributed by atoms with Crippen molar-refractivity contribution < 1.29 is 13.2 Å². The van der Waals surface area contributed by atoms with Crippen molar-refractivity contribution in [2.24, 2.45) is 0 Å². The number of rotatable bonds is 4. The van der Waals surface area contributed by atoms with Crippen molar-refractivity contribution >= 4 is 21.6 Å². The van der Waals surface area contributed by atoms with Crippen LogP contribution in [0.5, 0.6) is 0 Å². The van der Waals surface area contributed by atoms with Crippen LogP contribution in [0.2, 0.25) is 5.02 Å². The molecule has 2 aliphatic rings. The first-order valence-corrected chi connectivity index (χ1v) is 10.4. The highest BCUT2D eigenvalue weighted by molar-refractivity contribution is 7.89. The van der Waals surface area contributed by atoms with Gasteiger partial charge in [0.2, 0.25) is 10.0 Å². The standard InChI is InChI=1S/C17H25ClN2O3S/c1-14-5-6-17(16(18)12-14)24(21,22)20-8-3-7-19(9-10-20)13-15-4-2-11-23-15/h5-6,12,15H,2-4,7-11,13H2,1H3/t15-/m0/s1. The molecule has 24 heavy (non-hydrogen) atoms. The van der Waals surface area contributed by atoms with Gasteiger partial charge in [0.05, 0.1) is 11.1 Å². The number of sulfonamides is 1. The SMILES string of the molecule is Cc1ccc(S(=O)(=O)N2CCCN(C[C@@H]3CCCO3)CC2)c(Cl)c1. The molecule has 2 fully saturated rings. The number of aryl methyl sites for hydroxylation is 1. The minimum Gasteiger partial charge on any atom is -0.377 e. The third kappa shape index (κ3) is 4.11. The van der Waals surface area contributed by atoms with E-state index in [1.54, 1.807) is 22.5 Å². The van der Waals surface area contributed by atoms with Gasteiger partial charge in [-0.3, -0.25) is 4.90 Å². The molecule has 1 aromatic carbocycles. The summed E-state index contributed by atoms with van der Waals surface area (Å²) < 4.78 is 33.1. The Morgan fingerprint density at radius 1 is 1.21 bits per heavy atom. The molecule has 2 saturated heterocycles. The van der Waals surface area contributed by atoms with Gasteiger partial charge in [-0.2, -0.15) is 4.31 Å². The molecule has 1 atom stereocenters. The van der Waals surface area contributed by atoms with Gasteiger partial charge >= 0.3 is 0 Å². The largest absolute Gasteiger partial charge is 0.377 e. The Hall–Kier alpha value is -0.660. The summed E-state index contributed by atoms with van der Waals surface area (Å²) in [4.78, 5) is 2.53. The first-order valence-electron chi connectivity index (χ1n) is 8.57. The maximum Gasteiger partial charge on any atom is 0.244 e. The molecule has 2 aliphatic heterocycles. The highest BCUT2D eigenvalue weighted by atomic mass is 35.5. The van der Waals surface area contributed by atoms with E-state index in [-0.39, 0.29) is 4.90 Å². The lowest BCUT2D eigenvalue weighted by Gasteiger charge is -2.24. The van der Waals surface area contributed by atoms with Gasteiger partial charge in [0.25, 0.3) is 0 Å². The van der Waals surface area contributed by atoms with E-state index in [4.69, 9.17) is 16.3 Å². The lowest BCUT2D eigenvalue weighted by atomic mass is 10.2. The zero-order valence-corrected chi connectivity index (χ0v) is 15.7. The van der Waals surface area contributed by atoms with Crippen LogP contribution in [0.4, 0.5) is 0 Å². The molecule has 0 spiro atoms. The zero-order valence-electron chi connectivity index (χ0n) is 14.1. The van der Waals surface area contributed by atoms with Crippen LogP contribution in [-0.4, -0.2) is 63.1 Å². The molecule has 3 rings (SSSR count). The Morgan fingerprint density at radius 3 is 2.75 bits per heavy atom. The fourth-order valence-electron chi connectivity index (χ4n) is 3.40. The van der Waals surface area contributed by atoms with E-state index in [1.807, 2.05) is 6.92 Å². The fourth-order valence-corrected chi connectivity index (χ4v) is 5.44. The van der Waals surface area contributed by atoms with Crippen molar-refractivity contribution in [3.63, 3.8) is 0 Å². The Balaban J connectivity index is 1.68. The highest BCUT2D eigenvalue weighted by Crippen LogP contribution is 2.26. The van der Waals surface area contributed by atoms with Crippen molar-refractivity contribution in [2.75, 3.05) is 39.3 Å². The monoisotopic (exact) mass is 372 g/mol. The molecule has 0 N–H and O–H groups in total. The van der Waals surface area contributed by atoms with Crippen LogP contribution in [0.15, 0.2) is 23.1 Å². The Bertz CT molecular complexity index is 674. The van der Waals surface area contributed by atoms with E-state index >= 15 is 0 Å². The summed E-state index contributed by atoms with van der Waals surface area (Å²) in [5.41, 5.74) is 0.956. The van der Waals surface area contributed by atoms with Crippen molar-refractivity contribution in [3.8, 4) is 0 Å². The minimum atomic E-state index is -3.54. The molecule has 2 heterocycles. The van der Waals surface area contributed by atoms with E-state index in [2.05, 4.69) is 4.90 Å². The van der Waals surface area contributed by atoms with Gasteiger partial charge < -0.3 is 4.74 Å². The summed E-state index contributed by atoms with van der Waals surface area (Å²) in [6.45, 7) is 6.34. The van der Waals surface area contributed by atoms with Crippen molar-refractivity contribution in [1.29, 1.82) is 0 Å². The molecule has 134 valence electrons. The van der Waals surface area contributed by atoms with E-state index in [9.17, 15) is 8.42 Å². The Labute approximate surface area is 149 Å². The van der Waals surface area contributed by atoms with E-state index in [1.165, 1.54) is 0 Å².